The fourth-order valence-electron chi connectivity index (χ4n) is 3.87. The third-order valence-corrected chi connectivity index (χ3v) is 5.86. The molecule has 2 aliphatic rings. The van der Waals surface area contributed by atoms with Gasteiger partial charge >= 0.3 is 0 Å². The summed E-state index contributed by atoms with van der Waals surface area (Å²) in [4.78, 5) is 15.6. The topological polar surface area (TPSA) is 53.3 Å². The van der Waals surface area contributed by atoms with E-state index in [0.717, 1.165) is 44.4 Å². The van der Waals surface area contributed by atoms with Gasteiger partial charge < -0.3 is 9.80 Å². The van der Waals surface area contributed by atoms with Gasteiger partial charge in [-0.25, -0.2) is 18.7 Å². The standard InChI is InChI=1S/C19H27F2N7.ClH/c1-15-16(13-24-25(15)2)14-26-9-11-28(12-10-26)18-17(22-5-6-23-18)27-7-3-19(20,21)4-8-27;/h5-6,13H,3-4,7-12,14H2,1-2H3;1H. The van der Waals surface area contributed by atoms with Crippen LogP contribution in [0.15, 0.2) is 18.6 Å². The molecular formula is C19H28ClF2N7. The van der Waals surface area contributed by atoms with Gasteiger partial charge in [0.05, 0.1) is 6.20 Å². The lowest BCUT2D eigenvalue weighted by Crippen LogP contribution is -2.47. The van der Waals surface area contributed by atoms with E-state index in [1.54, 1.807) is 12.4 Å². The van der Waals surface area contributed by atoms with Crippen LogP contribution < -0.4 is 9.80 Å². The summed E-state index contributed by atoms with van der Waals surface area (Å²) in [6.45, 7) is 7.14. The third kappa shape index (κ3) is 4.78. The van der Waals surface area contributed by atoms with E-state index in [1.165, 1.54) is 11.3 Å². The van der Waals surface area contributed by atoms with Crippen molar-refractivity contribution in [2.75, 3.05) is 49.1 Å². The Balaban J connectivity index is 0.00000240. The molecule has 0 spiro atoms. The van der Waals surface area contributed by atoms with E-state index in [0.29, 0.717) is 13.1 Å². The van der Waals surface area contributed by atoms with Crippen molar-refractivity contribution in [3.05, 3.63) is 29.8 Å². The summed E-state index contributed by atoms with van der Waals surface area (Å²) in [6, 6.07) is 0. The van der Waals surface area contributed by atoms with Crippen LogP contribution in [0.5, 0.6) is 0 Å². The molecule has 29 heavy (non-hydrogen) atoms. The van der Waals surface area contributed by atoms with Crippen molar-refractivity contribution in [2.45, 2.75) is 32.2 Å². The van der Waals surface area contributed by atoms with Gasteiger partial charge in [0.15, 0.2) is 11.6 Å². The molecule has 0 aliphatic carbocycles. The highest BCUT2D eigenvalue weighted by Gasteiger charge is 2.35. The maximum Gasteiger partial charge on any atom is 0.251 e. The number of nitrogens with zero attached hydrogens (tertiary/aromatic N) is 7. The van der Waals surface area contributed by atoms with E-state index in [4.69, 9.17) is 0 Å². The van der Waals surface area contributed by atoms with E-state index in [9.17, 15) is 8.78 Å². The van der Waals surface area contributed by atoms with Crippen LogP contribution in [0.25, 0.3) is 0 Å². The van der Waals surface area contributed by atoms with Gasteiger partial charge in [-0.1, -0.05) is 0 Å². The molecular weight excluding hydrogens is 400 g/mol. The van der Waals surface area contributed by atoms with Crippen LogP contribution in [0.4, 0.5) is 20.4 Å². The molecule has 0 N–H and O–H groups in total. The first kappa shape index (κ1) is 21.7. The summed E-state index contributed by atoms with van der Waals surface area (Å²) >= 11 is 0. The number of hydrogen-bond donors (Lipinski definition) is 0. The van der Waals surface area contributed by atoms with E-state index in [2.05, 4.69) is 31.8 Å². The molecule has 0 saturated carbocycles. The fourth-order valence-corrected chi connectivity index (χ4v) is 3.87. The molecule has 2 fully saturated rings. The molecule has 2 aromatic rings. The number of aromatic nitrogens is 4. The molecule has 2 aromatic heterocycles. The number of piperidine rings is 1. The zero-order valence-corrected chi connectivity index (χ0v) is 17.7. The van der Waals surface area contributed by atoms with Crippen molar-refractivity contribution in [3.63, 3.8) is 0 Å². The Kier molecular flexibility index (Phi) is 6.58. The van der Waals surface area contributed by atoms with Gasteiger partial charge in [0.2, 0.25) is 0 Å². The largest absolute Gasteiger partial charge is 0.353 e. The van der Waals surface area contributed by atoms with Crippen LogP contribution in [-0.2, 0) is 13.6 Å². The van der Waals surface area contributed by atoms with Crippen LogP contribution in [0.2, 0.25) is 0 Å². The van der Waals surface area contributed by atoms with Crippen molar-refractivity contribution in [1.82, 2.24) is 24.6 Å². The van der Waals surface area contributed by atoms with Gasteiger partial charge in [0.1, 0.15) is 0 Å². The Morgan fingerprint density at radius 3 is 2.00 bits per heavy atom. The van der Waals surface area contributed by atoms with Crippen LogP contribution in [0.1, 0.15) is 24.1 Å². The number of halogens is 3. The number of hydrogen-bond acceptors (Lipinski definition) is 6. The number of aryl methyl sites for hydroxylation is 1. The molecule has 4 rings (SSSR count). The van der Waals surface area contributed by atoms with Crippen LogP contribution >= 0.6 is 12.4 Å². The van der Waals surface area contributed by atoms with Crippen LogP contribution in [0, 0.1) is 6.92 Å². The normalized spacial score (nSPS) is 19.9. The maximum absolute atomic E-state index is 13.5. The molecule has 0 radical (unpaired) electrons. The number of anilines is 2. The van der Waals surface area contributed by atoms with E-state index in [-0.39, 0.29) is 25.2 Å². The lowest BCUT2D eigenvalue weighted by atomic mass is 10.1. The highest BCUT2D eigenvalue weighted by atomic mass is 35.5. The van der Waals surface area contributed by atoms with Crippen molar-refractivity contribution < 1.29 is 8.78 Å². The first-order valence-electron chi connectivity index (χ1n) is 9.81. The van der Waals surface area contributed by atoms with Gasteiger partial charge in [-0.2, -0.15) is 5.10 Å². The van der Waals surface area contributed by atoms with Gasteiger partial charge in [0.25, 0.3) is 5.92 Å². The minimum Gasteiger partial charge on any atom is -0.353 e. The molecule has 0 bridgehead atoms. The van der Waals surface area contributed by atoms with Crippen molar-refractivity contribution in [1.29, 1.82) is 0 Å². The Morgan fingerprint density at radius 1 is 0.931 bits per heavy atom. The summed E-state index contributed by atoms with van der Waals surface area (Å²) in [7, 11) is 1.96. The molecule has 7 nitrogen and oxygen atoms in total. The summed E-state index contributed by atoms with van der Waals surface area (Å²) in [5.74, 6) is -1.02. The predicted molar refractivity (Wildman–Crippen MR) is 111 cm³/mol. The summed E-state index contributed by atoms with van der Waals surface area (Å²) in [5.41, 5.74) is 2.45. The molecule has 2 aliphatic heterocycles. The highest BCUT2D eigenvalue weighted by Crippen LogP contribution is 2.33. The SMILES string of the molecule is Cc1c(CN2CCN(c3nccnc3N3CCC(F)(F)CC3)CC2)cnn1C.Cl. The Labute approximate surface area is 176 Å². The highest BCUT2D eigenvalue weighted by molar-refractivity contribution is 5.85. The second-order valence-electron chi connectivity index (χ2n) is 7.69. The Bertz CT molecular complexity index is 811. The monoisotopic (exact) mass is 427 g/mol. The molecule has 4 heterocycles. The van der Waals surface area contributed by atoms with Crippen molar-refractivity contribution in [2.24, 2.45) is 7.05 Å². The van der Waals surface area contributed by atoms with Gasteiger partial charge in [-0.3, -0.25) is 9.58 Å². The van der Waals surface area contributed by atoms with E-state index in [1.807, 2.05) is 22.8 Å². The average molecular weight is 428 g/mol. The summed E-state index contributed by atoms with van der Waals surface area (Å²) < 4.78 is 28.9. The summed E-state index contributed by atoms with van der Waals surface area (Å²) in [5, 5.41) is 4.32. The first-order valence-corrected chi connectivity index (χ1v) is 9.81. The molecule has 0 atom stereocenters. The number of piperazine rings is 1. The minimum atomic E-state index is -2.56. The summed E-state index contributed by atoms with van der Waals surface area (Å²) in [6.07, 6.45) is 5.02. The molecule has 2 saturated heterocycles. The van der Waals surface area contributed by atoms with Crippen LogP contribution in [0.3, 0.4) is 0 Å². The molecule has 0 unspecified atom stereocenters. The van der Waals surface area contributed by atoms with Gasteiger partial charge in [-0.05, 0) is 6.92 Å². The Morgan fingerprint density at radius 2 is 1.48 bits per heavy atom. The van der Waals surface area contributed by atoms with E-state index >= 15 is 0 Å². The molecule has 160 valence electrons. The van der Waals surface area contributed by atoms with Gasteiger partial charge in [0, 0.05) is 89.4 Å². The number of rotatable bonds is 4. The fraction of sp³-hybridized carbons (Fsp3) is 0.632. The zero-order chi connectivity index (χ0) is 19.7. The average Bonchev–Trinajstić information content (AvgIpc) is 3.01. The zero-order valence-electron chi connectivity index (χ0n) is 16.9. The second-order valence-corrected chi connectivity index (χ2v) is 7.69. The Hall–Kier alpha value is -2.00. The minimum absolute atomic E-state index is 0. The predicted octanol–water partition coefficient (Wildman–Crippen LogP) is 2.50. The third-order valence-electron chi connectivity index (χ3n) is 5.86. The van der Waals surface area contributed by atoms with Gasteiger partial charge in [-0.15, -0.1) is 12.4 Å². The first-order chi connectivity index (χ1) is 13.4. The van der Waals surface area contributed by atoms with E-state index < -0.39 is 5.92 Å². The lowest BCUT2D eigenvalue weighted by Gasteiger charge is -2.38. The second kappa shape index (κ2) is 8.79. The molecule has 10 heteroatoms. The molecule has 0 amide bonds. The van der Waals surface area contributed by atoms with Crippen molar-refractivity contribution in [3.8, 4) is 0 Å². The molecule has 0 aromatic carbocycles. The number of alkyl halides is 2. The van der Waals surface area contributed by atoms with Crippen LogP contribution in [-0.4, -0.2) is 69.8 Å². The smallest absolute Gasteiger partial charge is 0.251 e. The quantitative estimate of drug-likeness (QED) is 0.747. The van der Waals surface area contributed by atoms with Crippen molar-refractivity contribution >= 4 is 24.0 Å². The lowest BCUT2D eigenvalue weighted by molar-refractivity contribution is -0.0221. The maximum atomic E-state index is 13.5.